The van der Waals surface area contributed by atoms with Crippen LogP contribution in [0.3, 0.4) is 0 Å². The zero-order chi connectivity index (χ0) is 10.4. The molecule has 5 nitrogen and oxygen atoms in total. The Labute approximate surface area is 93.2 Å². The molecule has 0 N–H and O–H groups in total. The number of fused-ring (bicyclic) bond motifs is 3. The predicted molar refractivity (Wildman–Crippen MR) is 58.5 cm³/mol. The Kier molecular flexibility index (Phi) is 1.72. The summed E-state index contributed by atoms with van der Waals surface area (Å²) in [7, 11) is 0. The Morgan fingerprint density at radius 3 is 3.07 bits per heavy atom. The second-order valence-corrected chi connectivity index (χ2v) is 4.15. The number of hydrogen-bond acceptors (Lipinski definition) is 4. The minimum Gasteiger partial charge on any atom is -0.233 e. The Morgan fingerprint density at radius 1 is 1.33 bits per heavy atom. The zero-order valence-electron chi connectivity index (χ0n) is 7.85. The largest absolute Gasteiger partial charge is 0.233 e. The molecule has 15 heavy (non-hydrogen) atoms. The Hall–Kier alpha value is -1.56. The second-order valence-electron chi connectivity index (χ2n) is 3.23. The van der Waals surface area contributed by atoms with Crippen LogP contribution >= 0.6 is 15.9 Å². The lowest BCUT2D eigenvalue weighted by atomic mass is 10.2. The van der Waals surface area contributed by atoms with E-state index in [1.807, 2.05) is 25.1 Å². The molecule has 0 fully saturated rings. The minimum atomic E-state index is 0.735. The van der Waals surface area contributed by atoms with Gasteiger partial charge in [-0.05, 0) is 35.5 Å². The molecule has 2 aromatic heterocycles. The summed E-state index contributed by atoms with van der Waals surface area (Å²) in [4.78, 5) is 4.42. The highest BCUT2D eigenvalue weighted by atomic mass is 79.9. The molecule has 2 heterocycles. The first kappa shape index (κ1) is 8.72. The molecule has 0 aliphatic heterocycles. The lowest BCUT2D eigenvalue weighted by Crippen LogP contribution is -1.98. The van der Waals surface area contributed by atoms with E-state index in [2.05, 4.69) is 36.4 Å². The Morgan fingerprint density at radius 2 is 2.20 bits per heavy atom. The molecule has 0 bridgehead atoms. The number of hydrogen-bond donors (Lipinski definition) is 0. The predicted octanol–water partition coefficient (Wildman–Crippen LogP) is 1.74. The standard InChI is InChI=1S/C9H6BrN5/c1-5-11-8-3-2-6(10)4-7(8)9-12-13-14-15(5)9/h2-4H,1H3. The van der Waals surface area contributed by atoms with Crippen molar-refractivity contribution in [3.05, 3.63) is 28.5 Å². The molecule has 0 aliphatic carbocycles. The van der Waals surface area contributed by atoms with Gasteiger partial charge in [0.2, 0.25) is 0 Å². The van der Waals surface area contributed by atoms with E-state index < -0.39 is 0 Å². The van der Waals surface area contributed by atoms with Crippen LogP contribution in [0.4, 0.5) is 0 Å². The van der Waals surface area contributed by atoms with Crippen LogP contribution < -0.4 is 0 Å². The summed E-state index contributed by atoms with van der Waals surface area (Å²) < 4.78 is 2.62. The lowest BCUT2D eigenvalue weighted by molar-refractivity contribution is 0.786. The van der Waals surface area contributed by atoms with Crippen molar-refractivity contribution < 1.29 is 0 Å². The van der Waals surface area contributed by atoms with Gasteiger partial charge >= 0.3 is 0 Å². The van der Waals surface area contributed by atoms with Crippen molar-refractivity contribution in [1.82, 2.24) is 25.0 Å². The fourth-order valence-corrected chi connectivity index (χ4v) is 1.94. The smallest absolute Gasteiger partial charge is 0.190 e. The normalized spacial score (nSPS) is 11.3. The highest BCUT2D eigenvalue weighted by Gasteiger charge is 2.08. The third-order valence-electron chi connectivity index (χ3n) is 2.26. The van der Waals surface area contributed by atoms with Gasteiger partial charge in [0, 0.05) is 9.86 Å². The average molecular weight is 264 g/mol. The molecule has 0 atom stereocenters. The van der Waals surface area contributed by atoms with Crippen molar-refractivity contribution in [1.29, 1.82) is 0 Å². The van der Waals surface area contributed by atoms with Gasteiger partial charge in [-0.1, -0.05) is 15.9 Å². The van der Waals surface area contributed by atoms with E-state index in [0.717, 1.165) is 26.8 Å². The van der Waals surface area contributed by atoms with Crippen molar-refractivity contribution in [3.63, 3.8) is 0 Å². The lowest BCUT2D eigenvalue weighted by Gasteiger charge is -2.01. The van der Waals surface area contributed by atoms with Gasteiger partial charge in [0.15, 0.2) is 5.65 Å². The molecular formula is C9H6BrN5. The van der Waals surface area contributed by atoms with Crippen molar-refractivity contribution in [2.24, 2.45) is 0 Å². The van der Waals surface area contributed by atoms with Gasteiger partial charge < -0.3 is 0 Å². The first-order valence-electron chi connectivity index (χ1n) is 4.40. The van der Waals surface area contributed by atoms with Gasteiger partial charge in [-0.2, -0.15) is 4.52 Å². The van der Waals surface area contributed by atoms with Crippen LogP contribution in [0.25, 0.3) is 16.6 Å². The van der Waals surface area contributed by atoms with E-state index >= 15 is 0 Å². The SMILES string of the molecule is Cc1nc2ccc(Br)cc2c2nnnn12. The van der Waals surface area contributed by atoms with Crippen LogP contribution in [0.1, 0.15) is 5.82 Å². The molecule has 6 heteroatoms. The summed E-state index contributed by atoms with van der Waals surface area (Å²) in [6, 6.07) is 5.86. The number of tetrazole rings is 1. The molecule has 1 aromatic carbocycles. The molecule has 0 spiro atoms. The Bertz CT molecular complexity index is 660. The molecule has 0 amide bonds. The average Bonchev–Trinajstić information content (AvgIpc) is 2.69. The van der Waals surface area contributed by atoms with Crippen LogP contribution in [-0.4, -0.2) is 25.0 Å². The van der Waals surface area contributed by atoms with Crippen LogP contribution in [0.15, 0.2) is 22.7 Å². The summed E-state index contributed by atoms with van der Waals surface area (Å²) in [5, 5.41) is 12.5. The quantitative estimate of drug-likeness (QED) is 0.620. The molecule has 0 saturated heterocycles. The van der Waals surface area contributed by atoms with Gasteiger partial charge in [-0.25, -0.2) is 4.98 Å². The van der Waals surface area contributed by atoms with E-state index in [0.29, 0.717) is 0 Å². The van der Waals surface area contributed by atoms with Crippen molar-refractivity contribution in [2.75, 3.05) is 0 Å². The van der Waals surface area contributed by atoms with E-state index in [9.17, 15) is 0 Å². The second kappa shape index (κ2) is 2.96. The zero-order valence-corrected chi connectivity index (χ0v) is 9.43. The molecular weight excluding hydrogens is 258 g/mol. The topological polar surface area (TPSA) is 56.0 Å². The van der Waals surface area contributed by atoms with E-state index in [1.54, 1.807) is 4.52 Å². The maximum atomic E-state index is 4.42. The Balaban J connectivity index is 2.61. The van der Waals surface area contributed by atoms with Crippen LogP contribution in [0.2, 0.25) is 0 Å². The van der Waals surface area contributed by atoms with Crippen molar-refractivity contribution in [2.45, 2.75) is 6.92 Å². The number of aromatic nitrogens is 5. The summed E-state index contributed by atoms with van der Waals surface area (Å²) in [6.45, 7) is 1.88. The number of aryl methyl sites for hydroxylation is 1. The molecule has 3 aromatic rings. The summed E-state index contributed by atoms with van der Waals surface area (Å²) in [5.41, 5.74) is 1.64. The molecule has 3 rings (SSSR count). The highest BCUT2D eigenvalue weighted by molar-refractivity contribution is 9.10. The summed E-state index contributed by atoms with van der Waals surface area (Å²) >= 11 is 3.42. The van der Waals surface area contributed by atoms with Crippen molar-refractivity contribution >= 4 is 32.5 Å². The number of rotatable bonds is 0. The molecule has 74 valence electrons. The van der Waals surface area contributed by atoms with Crippen LogP contribution in [0.5, 0.6) is 0 Å². The number of benzene rings is 1. The monoisotopic (exact) mass is 263 g/mol. The number of nitrogens with zero attached hydrogens (tertiary/aromatic N) is 5. The molecule has 0 saturated carbocycles. The fraction of sp³-hybridized carbons (Fsp3) is 0.111. The van der Waals surface area contributed by atoms with Gasteiger partial charge in [0.25, 0.3) is 0 Å². The van der Waals surface area contributed by atoms with Crippen LogP contribution in [0, 0.1) is 6.92 Å². The number of halogens is 1. The van der Waals surface area contributed by atoms with Gasteiger partial charge in [0.05, 0.1) is 5.52 Å². The van der Waals surface area contributed by atoms with Crippen LogP contribution in [-0.2, 0) is 0 Å². The summed E-state index contributed by atoms with van der Waals surface area (Å²) in [5.74, 6) is 0.782. The third-order valence-corrected chi connectivity index (χ3v) is 2.75. The third kappa shape index (κ3) is 1.21. The minimum absolute atomic E-state index is 0.735. The van der Waals surface area contributed by atoms with Gasteiger partial charge in [0.1, 0.15) is 5.82 Å². The highest BCUT2D eigenvalue weighted by Crippen LogP contribution is 2.21. The molecule has 0 aliphatic rings. The van der Waals surface area contributed by atoms with E-state index in [1.165, 1.54) is 0 Å². The maximum Gasteiger partial charge on any atom is 0.190 e. The maximum absolute atomic E-state index is 4.42. The van der Waals surface area contributed by atoms with Gasteiger partial charge in [-0.15, -0.1) is 5.10 Å². The first-order chi connectivity index (χ1) is 7.25. The van der Waals surface area contributed by atoms with Crippen molar-refractivity contribution in [3.8, 4) is 0 Å². The fourth-order valence-electron chi connectivity index (χ4n) is 1.58. The first-order valence-corrected chi connectivity index (χ1v) is 5.19. The molecule has 0 unspecified atom stereocenters. The van der Waals surface area contributed by atoms with Gasteiger partial charge in [-0.3, -0.25) is 0 Å². The summed E-state index contributed by atoms with van der Waals surface area (Å²) in [6.07, 6.45) is 0. The molecule has 0 radical (unpaired) electrons. The van der Waals surface area contributed by atoms with E-state index in [4.69, 9.17) is 0 Å². The van der Waals surface area contributed by atoms with E-state index in [-0.39, 0.29) is 0 Å².